The molecule has 0 aliphatic carbocycles. The number of allylic oxidation sites excluding steroid dienone is 2. The number of esters is 2. The molecule has 0 unspecified atom stereocenters. The minimum Gasteiger partial charge on any atom is -0.422 e. The van der Waals surface area contributed by atoms with Crippen molar-refractivity contribution in [2.75, 3.05) is 23.0 Å². The topological polar surface area (TPSA) is 52.6 Å². The molecule has 4 nitrogen and oxygen atoms in total. The van der Waals surface area contributed by atoms with Gasteiger partial charge in [-0.3, -0.25) is 0 Å². The molecule has 0 radical (unpaired) electrons. The molecule has 12 heteroatoms. The highest BCUT2D eigenvalue weighted by Crippen LogP contribution is 2.66. The number of benzene rings is 4. The number of carbonyl (C=O) groups excluding carboxylic acids is 2. The van der Waals surface area contributed by atoms with Crippen molar-refractivity contribution in [2.45, 2.75) is 0 Å². The smallest absolute Gasteiger partial charge is 0.343 e. The molecule has 4 aromatic rings. The zero-order valence-electron chi connectivity index (χ0n) is 26.1. The molecular weight excluding hydrogens is 777 g/mol. The number of ether oxygens (including phenoxy) is 2. The summed E-state index contributed by atoms with van der Waals surface area (Å²) in [4.78, 5) is 27.1. The number of hydrogen-bond acceptors (Lipinski definition) is 12. The minimum absolute atomic E-state index is 0.418. The van der Waals surface area contributed by atoms with Gasteiger partial charge in [-0.1, -0.05) is 120 Å². The highest BCUT2D eigenvalue weighted by molar-refractivity contribution is 8.42. The van der Waals surface area contributed by atoms with Gasteiger partial charge in [0.25, 0.3) is 0 Å². The fraction of sp³-hybridized carbons (Fsp3) is 0.105. The molecular formula is C38H26O4S8. The Hall–Kier alpha value is -2.42. The standard InChI is InChI=1S/C38H26O4S8/c39-31(23-11-3-1-4-12-23)41-27-17-9-7-15-25(27)29(33-47-35-36(48-33)44-20-19-43-35)30(34-49-37-38(50-34)46-22-21-45-37)26-16-8-10-18-28(26)42-32(40)24-13-5-2-6-14-24/h1-18H,19-22H2. The van der Waals surface area contributed by atoms with Gasteiger partial charge in [0.2, 0.25) is 0 Å². The summed E-state index contributed by atoms with van der Waals surface area (Å²) >= 11 is 14.7. The fourth-order valence-electron chi connectivity index (χ4n) is 5.32. The second-order valence-corrected chi connectivity index (χ2v) is 20.8. The number of para-hydroxylation sites is 2. The van der Waals surface area contributed by atoms with Crippen LogP contribution in [-0.4, -0.2) is 35.0 Å². The molecule has 4 aromatic carbocycles. The largest absolute Gasteiger partial charge is 0.422 e. The first kappa shape index (κ1) is 34.7. The van der Waals surface area contributed by atoms with Crippen LogP contribution in [0.25, 0.3) is 11.1 Å². The van der Waals surface area contributed by atoms with Crippen LogP contribution in [0.5, 0.6) is 11.5 Å². The molecule has 250 valence electrons. The maximum absolute atomic E-state index is 13.5. The molecule has 4 aliphatic heterocycles. The van der Waals surface area contributed by atoms with Crippen molar-refractivity contribution in [2.24, 2.45) is 0 Å². The van der Waals surface area contributed by atoms with Crippen molar-refractivity contribution in [3.8, 4) is 11.5 Å². The summed E-state index contributed by atoms with van der Waals surface area (Å²) < 4.78 is 19.9. The summed E-state index contributed by atoms with van der Waals surface area (Å²) in [6.45, 7) is 0. The summed E-state index contributed by atoms with van der Waals surface area (Å²) in [5, 5.41) is 0. The molecule has 50 heavy (non-hydrogen) atoms. The predicted molar refractivity (Wildman–Crippen MR) is 224 cm³/mol. The van der Waals surface area contributed by atoms with E-state index in [-0.39, 0.29) is 0 Å². The third-order valence-electron chi connectivity index (χ3n) is 7.57. The number of hydrogen-bond donors (Lipinski definition) is 0. The van der Waals surface area contributed by atoms with Crippen LogP contribution in [0.3, 0.4) is 0 Å². The maximum atomic E-state index is 13.5. The van der Waals surface area contributed by atoms with Gasteiger partial charge in [0.1, 0.15) is 11.5 Å². The Morgan fingerprint density at radius 3 is 1.10 bits per heavy atom. The Bertz CT molecular complexity index is 1920. The van der Waals surface area contributed by atoms with Gasteiger partial charge >= 0.3 is 11.9 Å². The number of thioether (sulfide) groups is 8. The van der Waals surface area contributed by atoms with Gasteiger partial charge in [0.05, 0.1) is 36.5 Å². The van der Waals surface area contributed by atoms with Gasteiger partial charge in [-0.25, -0.2) is 9.59 Å². The highest BCUT2D eigenvalue weighted by atomic mass is 32.3. The molecule has 0 saturated heterocycles. The lowest BCUT2D eigenvalue weighted by Crippen LogP contribution is -2.11. The normalized spacial score (nSPS) is 17.0. The summed E-state index contributed by atoms with van der Waals surface area (Å²) in [7, 11) is 0. The molecule has 0 fully saturated rings. The molecule has 4 heterocycles. The molecule has 0 spiro atoms. The minimum atomic E-state index is -0.418. The molecule has 0 aromatic heterocycles. The first-order valence-electron chi connectivity index (χ1n) is 15.6. The first-order chi connectivity index (χ1) is 24.6. The van der Waals surface area contributed by atoms with E-state index < -0.39 is 11.9 Å². The lowest BCUT2D eigenvalue weighted by Gasteiger charge is -2.22. The summed E-state index contributed by atoms with van der Waals surface area (Å²) in [6, 6.07) is 33.8. The van der Waals surface area contributed by atoms with Crippen molar-refractivity contribution in [3.05, 3.63) is 157 Å². The molecule has 0 atom stereocenters. The maximum Gasteiger partial charge on any atom is 0.343 e. The summed E-state index contributed by atoms with van der Waals surface area (Å²) in [5.74, 6) is 4.37. The zero-order chi connectivity index (χ0) is 33.9. The first-order valence-corrected chi connectivity index (χ1v) is 22.8. The van der Waals surface area contributed by atoms with Crippen LogP contribution in [0.4, 0.5) is 0 Å². The van der Waals surface area contributed by atoms with Gasteiger partial charge in [0, 0.05) is 45.3 Å². The van der Waals surface area contributed by atoms with Crippen LogP contribution in [0.15, 0.2) is 135 Å². The van der Waals surface area contributed by atoms with E-state index in [0.717, 1.165) is 53.8 Å². The molecule has 8 rings (SSSR count). The Labute approximate surface area is 324 Å². The van der Waals surface area contributed by atoms with Crippen LogP contribution >= 0.6 is 94.1 Å². The molecule has 0 amide bonds. The monoisotopic (exact) mass is 802 g/mol. The Morgan fingerprint density at radius 1 is 0.420 bits per heavy atom. The van der Waals surface area contributed by atoms with Crippen LogP contribution in [0, 0.1) is 0 Å². The summed E-state index contributed by atoms with van der Waals surface area (Å²) in [5.41, 5.74) is 4.49. The van der Waals surface area contributed by atoms with Gasteiger partial charge in [-0.05, 0) is 36.4 Å². The van der Waals surface area contributed by atoms with Gasteiger partial charge in [-0.15, -0.1) is 47.0 Å². The molecule has 0 bridgehead atoms. The lowest BCUT2D eigenvalue weighted by molar-refractivity contribution is 0.0724. The number of rotatable bonds is 7. The van der Waals surface area contributed by atoms with E-state index in [1.807, 2.05) is 132 Å². The van der Waals surface area contributed by atoms with Gasteiger partial charge < -0.3 is 9.47 Å². The van der Waals surface area contributed by atoms with Gasteiger partial charge in [-0.2, -0.15) is 0 Å². The van der Waals surface area contributed by atoms with Crippen molar-refractivity contribution in [1.82, 2.24) is 0 Å². The Balaban J connectivity index is 1.32. The summed E-state index contributed by atoms with van der Waals surface area (Å²) in [6.07, 6.45) is 0. The van der Waals surface area contributed by atoms with Crippen molar-refractivity contribution in [3.63, 3.8) is 0 Å². The molecule has 0 saturated carbocycles. The van der Waals surface area contributed by atoms with Crippen molar-refractivity contribution < 1.29 is 19.1 Å². The quantitative estimate of drug-likeness (QED) is 0.132. The van der Waals surface area contributed by atoms with Crippen LogP contribution in [0.1, 0.15) is 31.8 Å². The van der Waals surface area contributed by atoms with Crippen molar-refractivity contribution in [1.29, 1.82) is 0 Å². The average Bonchev–Trinajstić information content (AvgIpc) is 3.80. The Morgan fingerprint density at radius 2 is 0.740 bits per heavy atom. The molecule has 0 N–H and O–H groups in total. The average molecular weight is 803 g/mol. The van der Waals surface area contributed by atoms with Gasteiger partial charge in [0.15, 0.2) is 0 Å². The van der Waals surface area contributed by atoms with E-state index in [0.29, 0.717) is 22.6 Å². The van der Waals surface area contributed by atoms with E-state index in [1.165, 1.54) is 16.9 Å². The third-order valence-corrected chi connectivity index (χ3v) is 19.1. The van der Waals surface area contributed by atoms with Crippen LogP contribution in [-0.2, 0) is 0 Å². The molecule has 4 aliphatic rings. The predicted octanol–water partition coefficient (Wildman–Crippen LogP) is 12.3. The van der Waals surface area contributed by atoms with Crippen LogP contribution < -0.4 is 9.47 Å². The second kappa shape index (κ2) is 16.1. The SMILES string of the molecule is O=C(Oc1ccccc1C(=C1SC2=C(SCCS2)S1)C(=C1SC2=C(SCCS2)S1)c1ccccc1OC(=O)c1ccccc1)c1ccccc1. The van der Waals surface area contributed by atoms with E-state index in [4.69, 9.17) is 9.47 Å². The Kier molecular flexibility index (Phi) is 11.1. The number of carbonyl (C=O) groups is 2. The highest BCUT2D eigenvalue weighted by Gasteiger charge is 2.36. The lowest BCUT2D eigenvalue weighted by atomic mass is 9.93. The van der Waals surface area contributed by atoms with E-state index >= 15 is 0 Å². The zero-order valence-corrected chi connectivity index (χ0v) is 32.7. The fourth-order valence-corrected chi connectivity index (χ4v) is 17.5. The van der Waals surface area contributed by atoms with E-state index in [1.54, 1.807) is 71.3 Å². The van der Waals surface area contributed by atoms with Crippen LogP contribution in [0.2, 0.25) is 0 Å². The van der Waals surface area contributed by atoms with Crippen molar-refractivity contribution >= 4 is 117 Å². The second-order valence-electron chi connectivity index (χ2n) is 10.8. The third kappa shape index (κ3) is 7.54. The van der Waals surface area contributed by atoms with E-state index in [2.05, 4.69) is 0 Å². The van der Waals surface area contributed by atoms with E-state index in [9.17, 15) is 9.59 Å².